The molecule has 3 aliphatic rings. The minimum absolute atomic E-state index is 0.0544. The van der Waals surface area contributed by atoms with Crippen molar-refractivity contribution < 1.29 is 9.47 Å². The van der Waals surface area contributed by atoms with Crippen molar-refractivity contribution in [3.05, 3.63) is 52.7 Å². The molecule has 40 heavy (non-hydrogen) atoms. The molecule has 1 aliphatic carbocycles. The van der Waals surface area contributed by atoms with Crippen molar-refractivity contribution in [2.75, 3.05) is 39.5 Å². The van der Waals surface area contributed by atoms with Crippen LogP contribution in [-0.2, 0) is 16.5 Å². The Hall–Kier alpha value is -3.14. The molecule has 0 radical (unpaired) electrons. The molecule has 3 fully saturated rings. The van der Waals surface area contributed by atoms with E-state index in [0.717, 1.165) is 59.2 Å². The van der Waals surface area contributed by atoms with Crippen molar-refractivity contribution in [3.63, 3.8) is 0 Å². The van der Waals surface area contributed by atoms with Gasteiger partial charge in [0.15, 0.2) is 5.65 Å². The maximum absolute atomic E-state index is 13.3. The van der Waals surface area contributed by atoms with Crippen LogP contribution in [0.25, 0.3) is 33.2 Å². The molecule has 1 aromatic carbocycles. The van der Waals surface area contributed by atoms with Gasteiger partial charge in [0.2, 0.25) is 0 Å². The van der Waals surface area contributed by atoms with Gasteiger partial charge in [-0.15, -0.1) is 10.2 Å². The predicted molar refractivity (Wildman–Crippen MR) is 154 cm³/mol. The molecule has 0 unspecified atom stereocenters. The highest BCUT2D eigenvalue weighted by Gasteiger charge is 2.44. The number of imidazole rings is 1. The molecule has 1 atom stereocenters. The molecular weight excluding hydrogens is 504 g/mol. The van der Waals surface area contributed by atoms with Crippen molar-refractivity contribution in [1.29, 1.82) is 0 Å². The highest BCUT2D eigenvalue weighted by Crippen LogP contribution is 2.53. The lowest BCUT2D eigenvalue weighted by Crippen LogP contribution is -2.36. The third-order valence-electron chi connectivity index (χ3n) is 9.51. The Bertz CT molecular complexity index is 1570. The lowest BCUT2D eigenvalue weighted by atomic mass is 9.94. The Balaban J connectivity index is 1.10. The maximum Gasteiger partial charge on any atom is 0.330 e. The smallest absolute Gasteiger partial charge is 0.330 e. The normalized spacial score (nSPS) is 20.4. The van der Waals surface area contributed by atoms with Crippen molar-refractivity contribution in [2.24, 2.45) is 12.5 Å². The number of rotatable bonds is 7. The van der Waals surface area contributed by atoms with Crippen LogP contribution in [0.15, 0.2) is 41.3 Å². The van der Waals surface area contributed by atoms with Gasteiger partial charge in [0.05, 0.1) is 23.9 Å². The van der Waals surface area contributed by atoms with Crippen LogP contribution in [0.1, 0.15) is 63.3 Å². The second-order valence-corrected chi connectivity index (χ2v) is 12.0. The summed E-state index contributed by atoms with van der Waals surface area (Å²) in [4.78, 5) is 20.6. The summed E-state index contributed by atoms with van der Waals surface area (Å²) < 4.78 is 15.2. The Morgan fingerprint density at radius 2 is 1.82 bits per heavy atom. The molecule has 9 heteroatoms. The highest BCUT2D eigenvalue weighted by atomic mass is 16.5. The SMILES string of the molecule is C[C@@H](OCCN1CCC2(CC1)CC2)c1ccc(-c2ccc3nnc4c(c3c2)n(C2CCOCC2)c(=O)n4C)cn1. The third kappa shape index (κ3) is 4.74. The first kappa shape index (κ1) is 25.8. The van der Waals surface area contributed by atoms with Gasteiger partial charge in [0.1, 0.15) is 5.52 Å². The fourth-order valence-corrected chi connectivity index (χ4v) is 6.54. The van der Waals surface area contributed by atoms with E-state index in [4.69, 9.17) is 14.5 Å². The first-order chi connectivity index (χ1) is 19.5. The first-order valence-electron chi connectivity index (χ1n) is 14.8. The third-order valence-corrected chi connectivity index (χ3v) is 9.51. The molecule has 0 amide bonds. The van der Waals surface area contributed by atoms with Gasteiger partial charge in [-0.25, -0.2) is 4.79 Å². The minimum atomic E-state index is -0.0571. The summed E-state index contributed by atoms with van der Waals surface area (Å²) in [5.74, 6) is 0. The highest BCUT2D eigenvalue weighted by molar-refractivity contribution is 6.02. The summed E-state index contributed by atoms with van der Waals surface area (Å²) in [6.07, 6.45) is 9.08. The molecule has 210 valence electrons. The number of hydrogen-bond donors (Lipinski definition) is 0. The van der Waals surface area contributed by atoms with Crippen molar-refractivity contribution >= 4 is 22.1 Å². The molecule has 0 N–H and O–H groups in total. The van der Waals surface area contributed by atoms with Crippen molar-refractivity contribution in [1.82, 2.24) is 29.2 Å². The number of nitrogens with zero attached hydrogens (tertiary/aromatic N) is 6. The van der Waals surface area contributed by atoms with Gasteiger partial charge in [0, 0.05) is 50.0 Å². The molecular formula is C31H38N6O3. The van der Waals surface area contributed by atoms with Crippen LogP contribution in [0.5, 0.6) is 0 Å². The molecule has 3 aromatic heterocycles. The minimum Gasteiger partial charge on any atom is -0.381 e. The van der Waals surface area contributed by atoms with E-state index in [1.807, 2.05) is 22.9 Å². The second kappa shape index (κ2) is 10.4. The van der Waals surface area contributed by atoms with Gasteiger partial charge in [-0.3, -0.25) is 14.1 Å². The lowest BCUT2D eigenvalue weighted by Gasteiger charge is -2.32. The van der Waals surface area contributed by atoms with E-state index in [1.54, 1.807) is 11.6 Å². The zero-order valence-electron chi connectivity index (χ0n) is 23.5. The van der Waals surface area contributed by atoms with Gasteiger partial charge in [-0.2, -0.15) is 0 Å². The van der Waals surface area contributed by atoms with Gasteiger partial charge in [-0.05, 0) is 87.7 Å². The number of likely N-dealkylation sites (tertiary alicyclic amines) is 1. The number of piperidine rings is 1. The number of benzene rings is 1. The van der Waals surface area contributed by atoms with E-state index in [0.29, 0.717) is 24.3 Å². The number of aryl methyl sites for hydroxylation is 1. The van der Waals surface area contributed by atoms with Crippen LogP contribution in [0, 0.1) is 5.41 Å². The topological polar surface area (TPSA) is 87.3 Å². The van der Waals surface area contributed by atoms with E-state index in [9.17, 15) is 4.79 Å². The molecule has 7 rings (SSSR count). The fraction of sp³-hybridized carbons (Fsp3) is 0.548. The number of fused-ring (bicyclic) bond motifs is 3. The van der Waals surface area contributed by atoms with Crippen LogP contribution in [0.3, 0.4) is 0 Å². The summed E-state index contributed by atoms with van der Waals surface area (Å²) in [7, 11) is 1.77. The second-order valence-electron chi connectivity index (χ2n) is 12.0. The van der Waals surface area contributed by atoms with E-state index in [1.165, 1.54) is 38.8 Å². The van der Waals surface area contributed by atoms with Crippen LogP contribution in [0.4, 0.5) is 0 Å². The average Bonchev–Trinajstić information content (AvgIpc) is 3.71. The zero-order chi connectivity index (χ0) is 27.3. The number of hydrogen-bond acceptors (Lipinski definition) is 7. The molecule has 1 saturated carbocycles. The molecule has 2 aliphatic heterocycles. The zero-order valence-corrected chi connectivity index (χ0v) is 23.5. The van der Waals surface area contributed by atoms with Gasteiger partial charge >= 0.3 is 5.69 Å². The summed E-state index contributed by atoms with van der Waals surface area (Å²) in [6, 6.07) is 10.4. The molecule has 4 aromatic rings. The summed E-state index contributed by atoms with van der Waals surface area (Å²) >= 11 is 0. The van der Waals surface area contributed by atoms with Crippen molar-refractivity contribution in [2.45, 2.75) is 57.6 Å². The van der Waals surface area contributed by atoms with Gasteiger partial charge < -0.3 is 14.4 Å². The van der Waals surface area contributed by atoms with E-state index in [-0.39, 0.29) is 17.8 Å². The monoisotopic (exact) mass is 542 g/mol. The summed E-state index contributed by atoms with van der Waals surface area (Å²) in [6.45, 7) is 7.54. The number of ether oxygens (including phenoxy) is 2. The predicted octanol–water partition coefficient (Wildman–Crippen LogP) is 4.65. The van der Waals surface area contributed by atoms with E-state index < -0.39 is 0 Å². The quantitative estimate of drug-likeness (QED) is 0.336. The van der Waals surface area contributed by atoms with Crippen LogP contribution >= 0.6 is 0 Å². The molecule has 9 nitrogen and oxygen atoms in total. The Morgan fingerprint density at radius 1 is 1.05 bits per heavy atom. The Morgan fingerprint density at radius 3 is 2.55 bits per heavy atom. The molecule has 2 saturated heterocycles. The number of aromatic nitrogens is 5. The van der Waals surface area contributed by atoms with Crippen molar-refractivity contribution in [3.8, 4) is 11.1 Å². The van der Waals surface area contributed by atoms with E-state index >= 15 is 0 Å². The Labute approximate surface area is 234 Å². The number of pyridine rings is 1. The first-order valence-corrected chi connectivity index (χ1v) is 14.8. The van der Waals surface area contributed by atoms with Crippen LogP contribution in [-0.4, -0.2) is 68.7 Å². The van der Waals surface area contributed by atoms with Crippen LogP contribution in [0.2, 0.25) is 0 Å². The van der Waals surface area contributed by atoms with E-state index in [2.05, 4.69) is 40.2 Å². The summed E-state index contributed by atoms with van der Waals surface area (Å²) in [5, 5.41) is 9.77. The maximum atomic E-state index is 13.3. The Kier molecular flexibility index (Phi) is 6.68. The van der Waals surface area contributed by atoms with Gasteiger partial charge in [-0.1, -0.05) is 12.1 Å². The average molecular weight is 543 g/mol. The molecule has 0 bridgehead atoms. The lowest BCUT2D eigenvalue weighted by molar-refractivity contribution is 0.0372. The molecule has 5 heterocycles. The standard InChI is InChI=1S/C31H38N6O3/c1-21(40-18-15-36-13-11-31(9-10-31)12-14-36)26-5-4-23(20-32-26)22-3-6-27-25(19-22)28-29(34-33-27)35(2)30(38)37(28)24-7-16-39-17-8-24/h3-6,19-21,24H,7-18H2,1-2H3/t21-/m1/s1. The fourth-order valence-electron chi connectivity index (χ4n) is 6.54. The summed E-state index contributed by atoms with van der Waals surface area (Å²) in [5.41, 5.74) is 5.87. The van der Waals surface area contributed by atoms with Gasteiger partial charge in [0.25, 0.3) is 0 Å². The molecule has 1 spiro atoms. The van der Waals surface area contributed by atoms with Crippen LogP contribution < -0.4 is 5.69 Å². The largest absolute Gasteiger partial charge is 0.381 e.